The second kappa shape index (κ2) is 5.48. The zero-order chi connectivity index (χ0) is 13.9. The van der Waals surface area contributed by atoms with E-state index in [4.69, 9.17) is 5.11 Å². The maximum atomic E-state index is 11.6. The van der Waals surface area contributed by atoms with E-state index in [0.717, 1.165) is 0 Å². The molecule has 1 N–H and O–H groups in total. The van der Waals surface area contributed by atoms with Crippen molar-refractivity contribution in [3.05, 3.63) is 23.4 Å². The van der Waals surface area contributed by atoms with Crippen LogP contribution in [0.5, 0.6) is 0 Å². The molecule has 0 spiro atoms. The number of carbonyl (C=O) groups excluding carboxylic acids is 1. The maximum Gasteiger partial charge on any atom is 0.335 e. The van der Waals surface area contributed by atoms with Gasteiger partial charge in [-0.3, -0.25) is 4.79 Å². The molecule has 0 saturated carbocycles. The molecule has 18 heavy (non-hydrogen) atoms. The predicted molar refractivity (Wildman–Crippen MR) is 67.9 cm³/mol. The van der Waals surface area contributed by atoms with Gasteiger partial charge < -0.3 is 14.9 Å². The van der Waals surface area contributed by atoms with Crippen LogP contribution in [0.4, 0.5) is 5.82 Å². The maximum absolute atomic E-state index is 11.6. The Hall–Kier alpha value is -2.11. The van der Waals surface area contributed by atoms with Gasteiger partial charge in [0, 0.05) is 26.8 Å². The van der Waals surface area contributed by atoms with E-state index in [9.17, 15) is 9.59 Å². The Labute approximate surface area is 106 Å². The summed E-state index contributed by atoms with van der Waals surface area (Å²) in [6, 6.07) is 2.95. The molecule has 1 rings (SSSR count). The molecule has 1 amide bonds. The van der Waals surface area contributed by atoms with Crippen molar-refractivity contribution in [2.24, 2.45) is 0 Å². The van der Waals surface area contributed by atoms with Crippen LogP contribution >= 0.6 is 0 Å². The number of pyridine rings is 1. The van der Waals surface area contributed by atoms with Gasteiger partial charge in [0.15, 0.2) is 0 Å². The average molecular weight is 251 g/mol. The largest absolute Gasteiger partial charge is 0.478 e. The first-order valence-corrected chi connectivity index (χ1v) is 5.44. The van der Waals surface area contributed by atoms with E-state index in [1.54, 1.807) is 33.0 Å². The summed E-state index contributed by atoms with van der Waals surface area (Å²) in [6.45, 7) is 1.88. The molecule has 0 aliphatic carbocycles. The fraction of sp³-hybridized carbons (Fsp3) is 0.417. The number of rotatable bonds is 4. The first-order valence-electron chi connectivity index (χ1n) is 5.44. The van der Waals surface area contributed by atoms with Crippen molar-refractivity contribution >= 4 is 17.7 Å². The molecule has 0 radical (unpaired) electrons. The third-order valence-corrected chi connectivity index (χ3v) is 2.45. The summed E-state index contributed by atoms with van der Waals surface area (Å²) in [7, 11) is 5.04. The monoisotopic (exact) mass is 251 g/mol. The zero-order valence-corrected chi connectivity index (χ0v) is 11.0. The Balaban J connectivity index is 2.95. The number of aromatic carboxylic acids is 1. The van der Waals surface area contributed by atoms with Crippen molar-refractivity contribution < 1.29 is 14.7 Å². The van der Waals surface area contributed by atoms with E-state index in [-0.39, 0.29) is 18.0 Å². The van der Waals surface area contributed by atoms with Crippen molar-refractivity contribution in [2.45, 2.75) is 6.92 Å². The highest BCUT2D eigenvalue weighted by Crippen LogP contribution is 2.13. The van der Waals surface area contributed by atoms with E-state index >= 15 is 0 Å². The lowest BCUT2D eigenvalue weighted by atomic mass is 10.2. The number of hydrogen-bond acceptors (Lipinski definition) is 4. The van der Waals surface area contributed by atoms with E-state index in [2.05, 4.69) is 4.98 Å². The number of aromatic nitrogens is 1. The van der Waals surface area contributed by atoms with Crippen molar-refractivity contribution in [3.63, 3.8) is 0 Å². The SMILES string of the molecule is Cc1cc(C(=O)O)cc(N(C)CC(=O)N(C)C)n1. The van der Waals surface area contributed by atoms with Gasteiger partial charge in [0.05, 0.1) is 12.1 Å². The van der Waals surface area contributed by atoms with Gasteiger partial charge in [0.25, 0.3) is 0 Å². The number of hydrogen-bond donors (Lipinski definition) is 1. The molecule has 0 atom stereocenters. The van der Waals surface area contributed by atoms with Crippen LogP contribution in [0.2, 0.25) is 0 Å². The second-order valence-corrected chi connectivity index (χ2v) is 4.30. The summed E-state index contributed by atoms with van der Waals surface area (Å²) in [6.07, 6.45) is 0. The zero-order valence-electron chi connectivity index (χ0n) is 11.0. The van der Waals surface area contributed by atoms with Gasteiger partial charge in [0.1, 0.15) is 5.82 Å². The van der Waals surface area contributed by atoms with Gasteiger partial charge in [-0.2, -0.15) is 0 Å². The Morgan fingerprint density at radius 3 is 2.39 bits per heavy atom. The summed E-state index contributed by atoms with van der Waals surface area (Å²) in [5, 5.41) is 8.96. The molecular weight excluding hydrogens is 234 g/mol. The van der Waals surface area contributed by atoms with E-state index in [0.29, 0.717) is 11.5 Å². The molecule has 0 aliphatic rings. The number of nitrogens with zero attached hydrogens (tertiary/aromatic N) is 3. The van der Waals surface area contributed by atoms with E-state index < -0.39 is 5.97 Å². The fourth-order valence-electron chi connectivity index (χ4n) is 1.40. The minimum Gasteiger partial charge on any atom is -0.478 e. The average Bonchev–Trinajstić information content (AvgIpc) is 2.27. The minimum atomic E-state index is -1.01. The smallest absolute Gasteiger partial charge is 0.335 e. The Kier molecular flexibility index (Phi) is 4.25. The van der Waals surface area contributed by atoms with Gasteiger partial charge in [-0.1, -0.05) is 0 Å². The van der Waals surface area contributed by atoms with E-state index in [1.165, 1.54) is 17.0 Å². The molecule has 0 fully saturated rings. The summed E-state index contributed by atoms with van der Waals surface area (Å²) in [5.41, 5.74) is 0.774. The first-order chi connectivity index (χ1) is 8.31. The number of aryl methyl sites for hydroxylation is 1. The highest BCUT2D eigenvalue weighted by molar-refractivity contribution is 5.89. The molecule has 0 bridgehead atoms. The van der Waals surface area contributed by atoms with Crippen molar-refractivity contribution in [1.82, 2.24) is 9.88 Å². The van der Waals surface area contributed by atoms with Crippen LogP contribution in [0.15, 0.2) is 12.1 Å². The third-order valence-electron chi connectivity index (χ3n) is 2.45. The lowest BCUT2D eigenvalue weighted by molar-refractivity contribution is -0.127. The minimum absolute atomic E-state index is 0.0716. The highest BCUT2D eigenvalue weighted by Gasteiger charge is 2.13. The molecule has 6 heteroatoms. The molecule has 0 aromatic carbocycles. The normalized spacial score (nSPS) is 10.0. The van der Waals surface area contributed by atoms with Crippen LogP contribution in [-0.4, -0.2) is 54.6 Å². The molecule has 1 heterocycles. The van der Waals surface area contributed by atoms with Crippen molar-refractivity contribution in [3.8, 4) is 0 Å². The first kappa shape index (κ1) is 14.0. The van der Waals surface area contributed by atoms with Crippen LogP contribution in [0, 0.1) is 6.92 Å². The fourth-order valence-corrected chi connectivity index (χ4v) is 1.40. The number of likely N-dealkylation sites (N-methyl/N-ethyl adjacent to an activating group) is 2. The van der Waals surface area contributed by atoms with Gasteiger partial charge in [-0.15, -0.1) is 0 Å². The summed E-state index contributed by atoms with van der Waals surface area (Å²) in [4.78, 5) is 29.8. The number of carboxylic acids is 1. The highest BCUT2D eigenvalue weighted by atomic mass is 16.4. The van der Waals surface area contributed by atoms with Crippen LogP contribution < -0.4 is 4.90 Å². The van der Waals surface area contributed by atoms with Crippen molar-refractivity contribution in [2.75, 3.05) is 32.6 Å². The van der Waals surface area contributed by atoms with Crippen LogP contribution in [0.1, 0.15) is 16.1 Å². The Morgan fingerprint density at radius 1 is 1.28 bits per heavy atom. The quantitative estimate of drug-likeness (QED) is 0.848. The van der Waals surface area contributed by atoms with Gasteiger partial charge in [0.2, 0.25) is 5.91 Å². The number of amides is 1. The molecule has 0 unspecified atom stereocenters. The summed E-state index contributed by atoms with van der Waals surface area (Å²) >= 11 is 0. The number of carbonyl (C=O) groups is 2. The lowest BCUT2D eigenvalue weighted by Crippen LogP contribution is -2.34. The van der Waals surface area contributed by atoms with Crippen molar-refractivity contribution in [1.29, 1.82) is 0 Å². The molecule has 1 aromatic heterocycles. The van der Waals surface area contributed by atoms with Crippen LogP contribution in [-0.2, 0) is 4.79 Å². The Morgan fingerprint density at radius 2 is 1.89 bits per heavy atom. The lowest BCUT2D eigenvalue weighted by Gasteiger charge is -2.20. The number of carboxylic acid groups (broad SMARTS) is 1. The molecule has 0 aliphatic heterocycles. The molecular formula is C12H17N3O3. The standard InChI is InChI=1S/C12H17N3O3/c1-8-5-9(12(17)18)6-10(13-8)15(4)7-11(16)14(2)3/h5-6H,7H2,1-4H3,(H,17,18). The number of anilines is 1. The second-order valence-electron chi connectivity index (χ2n) is 4.30. The van der Waals surface area contributed by atoms with Crippen LogP contribution in [0.25, 0.3) is 0 Å². The third kappa shape index (κ3) is 3.44. The molecule has 98 valence electrons. The molecule has 1 aromatic rings. The van der Waals surface area contributed by atoms with Gasteiger partial charge in [-0.25, -0.2) is 9.78 Å². The predicted octanol–water partition coefficient (Wildman–Crippen LogP) is 0.613. The van der Waals surface area contributed by atoms with Crippen LogP contribution in [0.3, 0.4) is 0 Å². The topological polar surface area (TPSA) is 73.7 Å². The summed E-state index contributed by atoms with van der Waals surface area (Å²) < 4.78 is 0. The van der Waals surface area contributed by atoms with Gasteiger partial charge >= 0.3 is 5.97 Å². The van der Waals surface area contributed by atoms with E-state index in [1.807, 2.05) is 0 Å². The van der Waals surface area contributed by atoms with Gasteiger partial charge in [-0.05, 0) is 19.1 Å². The summed E-state index contributed by atoms with van der Waals surface area (Å²) in [5.74, 6) is -0.602. The Bertz CT molecular complexity index is 472. The molecule has 0 saturated heterocycles. The molecule has 6 nitrogen and oxygen atoms in total.